The number of benzene rings is 5. The number of hydrogen-bond acceptors (Lipinski definition) is 0. The van der Waals surface area contributed by atoms with Crippen molar-refractivity contribution in [3.05, 3.63) is 114 Å². The van der Waals surface area contributed by atoms with E-state index >= 15 is 0 Å². The Morgan fingerprint density at radius 3 is 1.87 bits per heavy atom. The van der Waals surface area contributed by atoms with Crippen molar-refractivity contribution >= 4 is 44.2 Å². The van der Waals surface area contributed by atoms with Crippen LogP contribution in [0.3, 0.4) is 0 Å². The molecule has 0 N–H and O–H groups in total. The summed E-state index contributed by atoms with van der Waals surface area (Å²) in [5, 5.41) is 5.71. The molecule has 6 aromatic rings. The predicted octanol–water partition coefficient (Wildman–Crippen LogP) is 8.26. The van der Waals surface area contributed by atoms with Gasteiger partial charge in [0.2, 0.25) is 0 Å². The molecule has 0 saturated heterocycles. The lowest BCUT2D eigenvalue weighted by molar-refractivity contribution is 1.20. The van der Waals surface area contributed by atoms with Crippen molar-refractivity contribution in [2.45, 2.75) is 0 Å². The van der Waals surface area contributed by atoms with Gasteiger partial charge in [-0.3, -0.25) is 0 Å². The van der Waals surface area contributed by atoms with Gasteiger partial charge in [-0.05, 0) is 35.2 Å². The van der Waals surface area contributed by atoms with E-state index in [4.69, 9.17) is 11.6 Å². The van der Waals surface area contributed by atoms with Crippen molar-refractivity contribution in [3.8, 4) is 16.8 Å². The Labute approximate surface area is 179 Å². The van der Waals surface area contributed by atoms with E-state index in [-0.39, 0.29) is 0 Å². The van der Waals surface area contributed by atoms with Crippen LogP contribution in [0.1, 0.15) is 0 Å². The largest absolute Gasteiger partial charge is 0.308 e. The van der Waals surface area contributed by atoms with E-state index < -0.39 is 0 Å². The maximum absolute atomic E-state index is 6.37. The standard InChI is InChI=1S/C28H18ClN/c29-21-10-7-9-20(18-21)23-17-16-19-8-1-2-11-22(19)28(23)30-26-14-5-3-12-24(26)25-13-4-6-15-27(25)30/h1-18H. The highest BCUT2D eigenvalue weighted by molar-refractivity contribution is 6.30. The molecule has 0 aliphatic rings. The van der Waals surface area contributed by atoms with Gasteiger partial charge in [0, 0.05) is 26.7 Å². The van der Waals surface area contributed by atoms with Gasteiger partial charge in [-0.15, -0.1) is 0 Å². The summed E-state index contributed by atoms with van der Waals surface area (Å²) in [5.41, 5.74) is 5.89. The third-order valence-corrected chi connectivity index (χ3v) is 6.07. The SMILES string of the molecule is Clc1cccc(-c2ccc3ccccc3c2-n2c3ccccc3c3ccccc32)c1. The first kappa shape index (κ1) is 17.3. The quantitative estimate of drug-likeness (QED) is 0.274. The van der Waals surface area contributed by atoms with E-state index in [0.717, 1.165) is 10.6 Å². The van der Waals surface area contributed by atoms with Gasteiger partial charge in [0.05, 0.1) is 16.7 Å². The van der Waals surface area contributed by atoms with Crippen LogP contribution in [-0.2, 0) is 0 Å². The summed E-state index contributed by atoms with van der Waals surface area (Å²) in [4.78, 5) is 0. The van der Waals surface area contributed by atoms with Crippen LogP contribution in [0.5, 0.6) is 0 Å². The third kappa shape index (κ3) is 2.56. The molecule has 0 bridgehead atoms. The fourth-order valence-electron chi connectivity index (χ4n) is 4.55. The number of nitrogens with zero attached hydrogens (tertiary/aromatic N) is 1. The van der Waals surface area contributed by atoms with E-state index in [1.807, 2.05) is 18.2 Å². The summed E-state index contributed by atoms with van der Waals surface area (Å²) < 4.78 is 2.41. The molecule has 30 heavy (non-hydrogen) atoms. The molecule has 0 radical (unpaired) electrons. The highest BCUT2D eigenvalue weighted by atomic mass is 35.5. The molecule has 0 saturated carbocycles. The van der Waals surface area contributed by atoms with Crippen molar-refractivity contribution in [2.24, 2.45) is 0 Å². The average Bonchev–Trinajstić information content (AvgIpc) is 3.12. The minimum Gasteiger partial charge on any atom is -0.308 e. The fourth-order valence-corrected chi connectivity index (χ4v) is 4.74. The van der Waals surface area contributed by atoms with Crippen LogP contribution in [0.4, 0.5) is 0 Å². The molecule has 0 unspecified atom stereocenters. The zero-order valence-electron chi connectivity index (χ0n) is 16.2. The smallest absolute Gasteiger partial charge is 0.0618 e. The summed E-state index contributed by atoms with van der Waals surface area (Å²) in [6, 6.07) is 38.4. The molecule has 5 aromatic carbocycles. The second-order valence-corrected chi connectivity index (χ2v) is 8.00. The van der Waals surface area contributed by atoms with Gasteiger partial charge in [-0.1, -0.05) is 96.5 Å². The van der Waals surface area contributed by atoms with Crippen LogP contribution < -0.4 is 0 Å². The van der Waals surface area contributed by atoms with Crippen molar-refractivity contribution in [1.82, 2.24) is 4.57 Å². The molecule has 0 atom stereocenters. The summed E-state index contributed by atoms with van der Waals surface area (Å²) in [6.45, 7) is 0. The minimum atomic E-state index is 0.744. The number of aromatic nitrogens is 1. The molecule has 0 aliphatic carbocycles. The molecule has 6 rings (SSSR count). The van der Waals surface area contributed by atoms with Crippen LogP contribution in [0.15, 0.2) is 109 Å². The van der Waals surface area contributed by atoms with Gasteiger partial charge in [0.15, 0.2) is 0 Å². The van der Waals surface area contributed by atoms with Gasteiger partial charge < -0.3 is 4.57 Å². The zero-order chi connectivity index (χ0) is 20.1. The van der Waals surface area contributed by atoms with Crippen molar-refractivity contribution in [3.63, 3.8) is 0 Å². The highest BCUT2D eigenvalue weighted by Gasteiger charge is 2.17. The fraction of sp³-hybridized carbons (Fsp3) is 0. The van der Waals surface area contributed by atoms with Crippen LogP contribution in [0.2, 0.25) is 5.02 Å². The lowest BCUT2D eigenvalue weighted by atomic mass is 9.98. The lowest BCUT2D eigenvalue weighted by Crippen LogP contribution is -1.99. The molecule has 1 nitrogen and oxygen atoms in total. The van der Waals surface area contributed by atoms with Crippen molar-refractivity contribution in [2.75, 3.05) is 0 Å². The first-order valence-electron chi connectivity index (χ1n) is 10.1. The van der Waals surface area contributed by atoms with Crippen LogP contribution >= 0.6 is 11.6 Å². The van der Waals surface area contributed by atoms with Gasteiger partial charge in [-0.2, -0.15) is 0 Å². The maximum atomic E-state index is 6.37. The Kier molecular flexibility index (Phi) is 3.90. The van der Waals surface area contributed by atoms with Gasteiger partial charge in [0.25, 0.3) is 0 Å². The van der Waals surface area contributed by atoms with E-state index in [0.29, 0.717) is 0 Å². The molecule has 142 valence electrons. The van der Waals surface area contributed by atoms with Gasteiger partial charge in [0.1, 0.15) is 0 Å². The maximum Gasteiger partial charge on any atom is 0.0618 e. The van der Waals surface area contributed by atoms with Crippen LogP contribution in [0, 0.1) is 0 Å². The average molecular weight is 404 g/mol. The monoisotopic (exact) mass is 403 g/mol. The third-order valence-electron chi connectivity index (χ3n) is 5.84. The van der Waals surface area contributed by atoms with Gasteiger partial charge >= 0.3 is 0 Å². The lowest BCUT2D eigenvalue weighted by Gasteiger charge is -2.17. The minimum absolute atomic E-state index is 0.744. The van der Waals surface area contributed by atoms with Crippen LogP contribution in [-0.4, -0.2) is 4.57 Å². The number of hydrogen-bond donors (Lipinski definition) is 0. The first-order chi connectivity index (χ1) is 14.8. The van der Waals surface area contributed by atoms with Gasteiger partial charge in [-0.25, -0.2) is 0 Å². The molecule has 0 aliphatic heterocycles. The second-order valence-electron chi connectivity index (χ2n) is 7.56. The number of halogens is 1. The van der Waals surface area contributed by atoms with E-state index in [1.165, 1.54) is 43.8 Å². The van der Waals surface area contributed by atoms with E-state index in [9.17, 15) is 0 Å². The zero-order valence-corrected chi connectivity index (χ0v) is 17.0. The Balaban J connectivity index is 1.84. The van der Waals surface area contributed by atoms with E-state index in [2.05, 4.69) is 95.6 Å². The topological polar surface area (TPSA) is 4.93 Å². The van der Waals surface area contributed by atoms with Crippen LogP contribution in [0.25, 0.3) is 49.4 Å². The van der Waals surface area contributed by atoms with Crippen molar-refractivity contribution < 1.29 is 0 Å². The summed E-state index contributed by atoms with van der Waals surface area (Å²) in [7, 11) is 0. The Hall–Kier alpha value is -3.55. The summed E-state index contributed by atoms with van der Waals surface area (Å²) in [6.07, 6.45) is 0. The summed E-state index contributed by atoms with van der Waals surface area (Å²) >= 11 is 6.37. The predicted molar refractivity (Wildman–Crippen MR) is 129 cm³/mol. The highest BCUT2D eigenvalue weighted by Crippen LogP contribution is 2.40. The number of rotatable bonds is 2. The molecule has 1 heterocycles. The molecular formula is C28H18ClN. The normalized spacial score (nSPS) is 11.5. The second kappa shape index (κ2) is 6.76. The molecule has 0 spiro atoms. The molecule has 1 aromatic heterocycles. The van der Waals surface area contributed by atoms with Crippen molar-refractivity contribution in [1.29, 1.82) is 0 Å². The Morgan fingerprint density at radius 1 is 0.533 bits per heavy atom. The number of para-hydroxylation sites is 2. The van der Waals surface area contributed by atoms with E-state index in [1.54, 1.807) is 0 Å². The first-order valence-corrected chi connectivity index (χ1v) is 10.5. The number of fused-ring (bicyclic) bond motifs is 4. The molecule has 2 heteroatoms. The Bertz CT molecular complexity index is 1500. The molecule has 0 fully saturated rings. The molecule has 0 amide bonds. The molecular weight excluding hydrogens is 386 g/mol. The Morgan fingerprint density at radius 2 is 1.17 bits per heavy atom. The summed E-state index contributed by atoms with van der Waals surface area (Å²) in [5.74, 6) is 0.